The second-order valence-electron chi connectivity index (χ2n) is 5.87. The van der Waals surface area contributed by atoms with Crippen LogP contribution in [-0.4, -0.2) is 6.21 Å². The molecule has 0 bridgehead atoms. The van der Waals surface area contributed by atoms with Gasteiger partial charge in [0.25, 0.3) is 0 Å². The maximum atomic E-state index is 12.8. The number of hydrogen-bond acceptors (Lipinski definition) is 3. The van der Waals surface area contributed by atoms with E-state index in [4.69, 9.17) is 16.3 Å². The van der Waals surface area contributed by atoms with E-state index in [1.165, 1.54) is 18.3 Å². The van der Waals surface area contributed by atoms with Crippen LogP contribution in [0.5, 0.6) is 5.75 Å². The molecule has 144 valence electrons. The fourth-order valence-electron chi connectivity index (χ4n) is 2.43. The number of para-hydroxylation sites is 1. The van der Waals surface area contributed by atoms with Gasteiger partial charge in [-0.15, -0.1) is 0 Å². The van der Waals surface area contributed by atoms with Crippen molar-refractivity contribution in [3.63, 3.8) is 0 Å². The molecule has 0 amide bonds. The van der Waals surface area contributed by atoms with Gasteiger partial charge in [-0.2, -0.15) is 18.3 Å². The Morgan fingerprint density at radius 3 is 2.50 bits per heavy atom. The number of hydrogen-bond donors (Lipinski definition) is 1. The van der Waals surface area contributed by atoms with E-state index in [0.29, 0.717) is 16.3 Å². The van der Waals surface area contributed by atoms with E-state index in [0.717, 1.165) is 17.7 Å². The van der Waals surface area contributed by atoms with Crippen LogP contribution in [0.3, 0.4) is 0 Å². The average Bonchev–Trinajstić information content (AvgIpc) is 2.68. The molecule has 0 unspecified atom stereocenters. The number of alkyl halides is 3. The standard InChI is InChI=1S/C21H16ClF3N2O/c22-19-10-3-1-7-16(19)14-28-20-11-4-2-6-15(20)13-26-27-18-9-5-8-17(12-18)21(23,24)25/h1-13,27H,14H2. The summed E-state index contributed by atoms with van der Waals surface area (Å²) >= 11 is 6.13. The fraction of sp³-hybridized carbons (Fsp3) is 0.0952. The van der Waals surface area contributed by atoms with Gasteiger partial charge in [0.15, 0.2) is 0 Å². The normalized spacial score (nSPS) is 11.6. The maximum Gasteiger partial charge on any atom is 0.416 e. The maximum absolute atomic E-state index is 12.8. The van der Waals surface area contributed by atoms with Crippen LogP contribution in [0, 0.1) is 0 Å². The Kier molecular flexibility index (Phi) is 6.21. The summed E-state index contributed by atoms with van der Waals surface area (Å²) in [6, 6.07) is 19.4. The molecule has 0 aromatic heterocycles. The Labute approximate surface area is 165 Å². The minimum absolute atomic E-state index is 0.237. The lowest BCUT2D eigenvalue weighted by atomic mass is 10.2. The Morgan fingerprint density at radius 2 is 1.71 bits per heavy atom. The third kappa shape index (κ3) is 5.27. The van der Waals surface area contributed by atoms with Gasteiger partial charge in [0, 0.05) is 16.1 Å². The number of halogens is 4. The Morgan fingerprint density at radius 1 is 0.964 bits per heavy atom. The summed E-state index contributed by atoms with van der Waals surface area (Å²) in [7, 11) is 0. The van der Waals surface area contributed by atoms with Gasteiger partial charge >= 0.3 is 6.18 Å². The van der Waals surface area contributed by atoms with Gasteiger partial charge in [-0.25, -0.2) is 0 Å². The summed E-state index contributed by atoms with van der Waals surface area (Å²) in [5.74, 6) is 0.581. The van der Waals surface area contributed by atoms with E-state index in [-0.39, 0.29) is 12.3 Å². The van der Waals surface area contributed by atoms with Crippen molar-refractivity contribution in [1.82, 2.24) is 0 Å². The summed E-state index contributed by atoms with van der Waals surface area (Å²) in [5.41, 5.74) is 3.63. The number of nitrogens with one attached hydrogen (secondary N) is 1. The molecule has 3 aromatic carbocycles. The second kappa shape index (κ2) is 8.80. The highest BCUT2D eigenvalue weighted by atomic mass is 35.5. The highest BCUT2D eigenvalue weighted by Gasteiger charge is 2.30. The average molecular weight is 405 g/mol. The summed E-state index contributed by atoms with van der Waals surface area (Å²) in [6.45, 7) is 0.283. The SMILES string of the molecule is FC(F)(F)c1cccc(NN=Cc2ccccc2OCc2ccccc2Cl)c1. The summed E-state index contributed by atoms with van der Waals surface area (Å²) in [5, 5.41) is 4.63. The minimum atomic E-state index is -4.40. The van der Waals surface area contributed by atoms with E-state index in [2.05, 4.69) is 10.5 Å². The molecule has 0 heterocycles. The molecular formula is C21H16ClF3N2O. The Balaban J connectivity index is 1.69. The first-order chi connectivity index (χ1) is 13.4. The van der Waals surface area contributed by atoms with Crippen molar-refractivity contribution >= 4 is 23.5 Å². The molecule has 0 fully saturated rings. The zero-order chi connectivity index (χ0) is 20.0. The molecule has 3 rings (SSSR count). The molecule has 3 aromatic rings. The van der Waals surface area contributed by atoms with Crippen LogP contribution in [0.2, 0.25) is 5.02 Å². The first kappa shape index (κ1) is 19.8. The topological polar surface area (TPSA) is 33.6 Å². The third-order valence-electron chi connectivity index (χ3n) is 3.85. The molecule has 0 saturated carbocycles. The predicted octanol–water partition coefficient (Wildman–Crippen LogP) is 6.38. The monoisotopic (exact) mass is 404 g/mol. The summed E-state index contributed by atoms with van der Waals surface area (Å²) in [4.78, 5) is 0. The van der Waals surface area contributed by atoms with Gasteiger partial charge in [0.1, 0.15) is 12.4 Å². The number of anilines is 1. The molecule has 3 nitrogen and oxygen atoms in total. The van der Waals surface area contributed by atoms with Gasteiger partial charge in [0.05, 0.1) is 17.5 Å². The van der Waals surface area contributed by atoms with E-state index in [1.54, 1.807) is 18.2 Å². The molecule has 0 aliphatic rings. The van der Waals surface area contributed by atoms with Crippen LogP contribution < -0.4 is 10.2 Å². The zero-order valence-electron chi connectivity index (χ0n) is 14.6. The predicted molar refractivity (Wildman–Crippen MR) is 105 cm³/mol. The van der Waals surface area contributed by atoms with Crippen molar-refractivity contribution in [1.29, 1.82) is 0 Å². The molecule has 0 aliphatic carbocycles. The molecule has 1 N–H and O–H groups in total. The number of ether oxygens (including phenoxy) is 1. The molecular weight excluding hydrogens is 389 g/mol. The smallest absolute Gasteiger partial charge is 0.416 e. The molecule has 0 spiro atoms. The van der Waals surface area contributed by atoms with Crippen molar-refractivity contribution in [3.8, 4) is 5.75 Å². The van der Waals surface area contributed by atoms with Crippen LogP contribution in [-0.2, 0) is 12.8 Å². The summed E-state index contributed by atoms with van der Waals surface area (Å²) in [6.07, 6.45) is -2.91. The van der Waals surface area contributed by atoms with Gasteiger partial charge in [-0.05, 0) is 36.4 Å². The van der Waals surface area contributed by atoms with Crippen LogP contribution >= 0.6 is 11.6 Å². The second-order valence-corrected chi connectivity index (χ2v) is 6.27. The van der Waals surface area contributed by atoms with Crippen molar-refractivity contribution in [3.05, 3.63) is 94.5 Å². The van der Waals surface area contributed by atoms with Crippen molar-refractivity contribution in [2.45, 2.75) is 12.8 Å². The molecule has 0 aliphatic heterocycles. The number of rotatable bonds is 6. The quantitative estimate of drug-likeness (QED) is 0.382. The minimum Gasteiger partial charge on any atom is -0.488 e. The van der Waals surface area contributed by atoms with Crippen molar-refractivity contribution in [2.75, 3.05) is 5.43 Å². The first-order valence-electron chi connectivity index (χ1n) is 8.35. The summed E-state index contributed by atoms with van der Waals surface area (Å²) < 4.78 is 44.1. The molecule has 0 saturated heterocycles. The Hall–Kier alpha value is -2.99. The van der Waals surface area contributed by atoms with Crippen molar-refractivity contribution < 1.29 is 17.9 Å². The van der Waals surface area contributed by atoms with Crippen LogP contribution in [0.15, 0.2) is 77.9 Å². The van der Waals surface area contributed by atoms with E-state index in [9.17, 15) is 13.2 Å². The van der Waals surface area contributed by atoms with Gasteiger partial charge in [-0.3, -0.25) is 5.43 Å². The van der Waals surface area contributed by atoms with Crippen LogP contribution in [0.1, 0.15) is 16.7 Å². The van der Waals surface area contributed by atoms with Crippen molar-refractivity contribution in [2.24, 2.45) is 5.10 Å². The third-order valence-corrected chi connectivity index (χ3v) is 4.22. The van der Waals surface area contributed by atoms with E-state index < -0.39 is 11.7 Å². The van der Waals surface area contributed by atoms with Crippen LogP contribution in [0.4, 0.5) is 18.9 Å². The number of nitrogens with zero attached hydrogens (tertiary/aromatic N) is 1. The van der Waals surface area contributed by atoms with E-state index >= 15 is 0 Å². The molecule has 28 heavy (non-hydrogen) atoms. The highest BCUT2D eigenvalue weighted by molar-refractivity contribution is 6.31. The first-order valence-corrected chi connectivity index (χ1v) is 8.73. The zero-order valence-corrected chi connectivity index (χ0v) is 15.3. The Bertz CT molecular complexity index is 974. The molecule has 7 heteroatoms. The fourth-order valence-corrected chi connectivity index (χ4v) is 2.62. The molecule has 0 atom stereocenters. The van der Waals surface area contributed by atoms with Gasteiger partial charge < -0.3 is 4.74 Å². The van der Waals surface area contributed by atoms with Crippen LogP contribution in [0.25, 0.3) is 0 Å². The molecule has 0 radical (unpaired) electrons. The highest BCUT2D eigenvalue weighted by Crippen LogP contribution is 2.30. The van der Waals surface area contributed by atoms with Gasteiger partial charge in [-0.1, -0.05) is 48.0 Å². The lowest BCUT2D eigenvalue weighted by Gasteiger charge is -2.10. The number of hydrazone groups is 1. The lowest BCUT2D eigenvalue weighted by molar-refractivity contribution is -0.137. The number of benzene rings is 3. The van der Waals surface area contributed by atoms with Gasteiger partial charge in [0.2, 0.25) is 0 Å². The largest absolute Gasteiger partial charge is 0.488 e. The lowest BCUT2D eigenvalue weighted by Crippen LogP contribution is -2.05. The van der Waals surface area contributed by atoms with E-state index in [1.807, 2.05) is 30.3 Å².